The number of ketones is 1. The molecule has 1 unspecified atom stereocenters. The summed E-state index contributed by atoms with van der Waals surface area (Å²) in [6.07, 6.45) is -0.0879. The highest BCUT2D eigenvalue weighted by Crippen LogP contribution is 2.42. The number of ether oxygens (including phenoxy) is 1. The number of anilines is 1. The van der Waals surface area contributed by atoms with Crippen molar-refractivity contribution in [2.24, 2.45) is 0 Å². The fourth-order valence-corrected chi connectivity index (χ4v) is 4.01. The summed E-state index contributed by atoms with van der Waals surface area (Å²) in [5, 5.41) is 11.6. The van der Waals surface area contributed by atoms with E-state index in [0.717, 1.165) is 0 Å². The Morgan fingerprint density at radius 3 is 2.39 bits per heavy atom. The summed E-state index contributed by atoms with van der Waals surface area (Å²) in [5.74, 6) is -1.96. The zero-order valence-electron chi connectivity index (χ0n) is 18.0. The Labute approximate surface area is 195 Å². The number of carbonyl (C=O) groups excluding carboxylic acids is 2. The van der Waals surface area contributed by atoms with Gasteiger partial charge < -0.3 is 9.84 Å². The van der Waals surface area contributed by atoms with Crippen molar-refractivity contribution in [1.82, 2.24) is 0 Å². The monoisotopic (exact) mass is 465 g/mol. The predicted octanol–water partition coefficient (Wildman–Crippen LogP) is 5.89. The number of aliphatic hydroxyl groups is 1. The lowest BCUT2D eigenvalue weighted by molar-refractivity contribution is -0.132. The SMILES string of the molecule is CC(C)Oc1cccc(/C(O)=C2\C(=O)C(=O)N(c3cccc(Cl)c3)C2c2ccc(F)cc2)c1. The average molecular weight is 466 g/mol. The van der Waals surface area contributed by atoms with E-state index in [4.69, 9.17) is 16.3 Å². The molecular weight excluding hydrogens is 445 g/mol. The number of nitrogens with zero attached hydrogens (tertiary/aromatic N) is 1. The van der Waals surface area contributed by atoms with Crippen molar-refractivity contribution in [2.45, 2.75) is 26.0 Å². The highest BCUT2D eigenvalue weighted by Gasteiger charge is 2.47. The van der Waals surface area contributed by atoms with Crippen LogP contribution in [0.2, 0.25) is 5.02 Å². The Morgan fingerprint density at radius 2 is 1.73 bits per heavy atom. The highest BCUT2D eigenvalue weighted by molar-refractivity contribution is 6.51. The molecular formula is C26H21ClFNO4. The molecule has 5 nitrogen and oxygen atoms in total. The lowest BCUT2D eigenvalue weighted by atomic mass is 9.95. The van der Waals surface area contributed by atoms with Crippen LogP contribution in [0.5, 0.6) is 5.75 Å². The molecule has 1 amide bonds. The molecule has 1 saturated heterocycles. The standard InChI is InChI=1S/C26H21ClFNO4/c1-15(2)33-21-8-3-5-17(13-21)24(30)22-23(16-9-11-19(28)12-10-16)29(26(32)25(22)31)20-7-4-6-18(27)14-20/h3-15,23,30H,1-2H3/b24-22+. The summed E-state index contributed by atoms with van der Waals surface area (Å²) in [6.45, 7) is 3.75. The molecule has 4 rings (SSSR count). The van der Waals surface area contributed by atoms with Crippen molar-refractivity contribution in [2.75, 3.05) is 4.90 Å². The number of amides is 1. The zero-order valence-corrected chi connectivity index (χ0v) is 18.7. The van der Waals surface area contributed by atoms with Crippen molar-refractivity contribution in [3.05, 3.63) is 100 Å². The van der Waals surface area contributed by atoms with Crippen LogP contribution in [0.3, 0.4) is 0 Å². The van der Waals surface area contributed by atoms with Crippen LogP contribution in [-0.4, -0.2) is 22.9 Å². The lowest BCUT2D eigenvalue weighted by Gasteiger charge is -2.25. The van der Waals surface area contributed by atoms with Crippen molar-refractivity contribution in [3.63, 3.8) is 0 Å². The molecule has 0 aliphatic carbocycles. The minimum absolute atomic E-state index is 0.0879. The van der Waals surface area contributed by atoms with Crippen molar-refractivity contribution < 1.29 is 23.8 Å². The maximum atomic E-state index is 13.6. The Kier molecular flexibility index (Phi) is 6.20. The number of benzene rings is 3. The second-order valence-electron chi connectivity index (χ2n) is 7.89. The van der Waals surface area contributed by atoms with E-state index in [0.29, 0.717) is 27.6 Å². The number of carbonyl (C=O) groups is 2. The van der Waals surface area contributed by atoms with Crippen molar-refractivity contribution in [1.29, 1.82) is 0 Å². The summed E-state index contributed by atoms with van der Waals surface area (Å²) in [6, 6.07) is 17.6. The summed E-state index contributed by atoms with van der Waals surface area (Å²) in [4.78, 5) is 27.5. The molecule has 0 saturated carbocycles. The van der Waals surface area contributed by atoms with Gasteiger partial charge in [0.15, 0.2) is 0 Å². The molecule has 3 aromatic rings. The zero-order chi connectivity index (χ0) is 23.7. The van der Waals surface area contributed by atoms with Gasteiger partial charge >= 0.3 is 0 Å². The predicted molar refractivity (Wildman–Crippen MR) is 125 cm³/mol. The molecule has 1 atom stereocenters. The largest absolute Gasteiger partial charge is 0.507 e. The van der Waals surface area contributed by atoms with Crippen LogP contribution in [0.15, 0.2) is 78.4 Å². The molecule has 0 aromatic heterocycles. The maximum Gasteiger partial charge on any atom is 0.300 e. The van der Waals surface area contributed by atoms with Crippen molar-refractivity contribution >= 4 is 34.7 Å². The maximum absolute atomic E-state index is 13.6. The molecule has 0 radical (unpaired) electrons. The topological polar surface area (TPSA) is 66.8 Å². The third kappa shape index (κ3) is 4.47. The summed E-state index contributed by atoms with van der Waals surface area (Å²) in [5.41, 5.74) is 1.07. The number of hydrogen-bond donors (Lipinski definition) is 1. The van der Waals surface area contributed by atoms with Crippen LogP contribution < -0.4 is 9.64 Å². The van der Waals surface area contributed by atoms with Gasteiger partial charge in [0.25, 0.3) is 11.7 Å². The molecule has 1 fully saturated rings. The molecule has 1 aliphatic heterocycles. The molecule has 0 bridgehead atoms. The van der Waals surface area contributed by atoms with E-state index in [1.54, 1.807) is 48.5 Å². The smallest absolute Gasteiger partial charge is 0.300 e. The van der Waals surface area contributed by atoms with Gasteiger partial charge in [0.05, 0.1) is 17.7 Å². The fraction of sp³-hybridized carbons (Fsp3) is 0.154. The van der Waals surface area contributed by atoms with E-state index in [-0.39, 0.29) is 17.4 Å². The molecule has 1 heterocycles. The Balaban J connectivity index is 1.91. The van der Waals surface area contributed by atoms with Crippen LogP contribution in [0.1, 0.15) is 31.0 Å². The molecule has 3 aromatic carbocycles. The van der Waals surface area contributed by atoms with E-state index >= 15 is 0 Å². The van der Waals surface area contributed by atoms with E-state index in [1.165, 1.54) is 29.2 Å². The Bertz CT molecular complexity index is 1250. The first-order chi connectivity index (χ1) is 15.8. The van der Waals surface area contributed by atoms with Gasteiger partial charge in [-0.2, -0.15) is 0 Å². The molecule has 1 aliphatic rings. The van der Waals surface area contributed by atoms with Crippen LogP contribution in [-0.2, 0) is 9.59 Å². The molecule has 1 N–H and O–H groups in total. The highest BCUT2D eigenvalue weighted by atomic mass is 35.5. The van der Waals surface area contributed by atoms with E-state index in [2.05, 4.69) is 0 Å². The molecule has 168 valence electrons. The minimum Gasteiger partial charge on any atom is -0.507 e. The number of Topliss-reactive ketones (excluding diaryl/α,β-unsaturated/α-hetero) is 1. The lowest BCUT2D eigenvalue weighted by Crippen LogP contribution is -2.29. The van der Waals surface area contributed by atoms with Gasteiger partial charge in [0, 0.05) is 16.3 Å². The van der Waals surface area contributed by atoms with Gasteiger partial charge in [0.1, 0.15) is 17.3 Å². The van der Waals surface area contributed by atoms with Gasteiger partial charge in [-0.05, 0) is 61.9 Å². The summed E-state index contributed by atoms with van der Waals surface area (Å²) < 4.78 is 19.3. The van der Waals surface area contributed by atoms with Gasteiger partial charge in [-0.1, -0.05) is 41.9 Å². The molecule has 7 heteroatoms. The van der Waals surface area contributed by atoms with Gasteiger partial charge in [-0.3, -0.25) is 14.5 Å². The third-order valence-corrected chi connectivity index (χ3v) is 5.43. The average Bonchev–Trinajstić information content (AvgIpc) is 3.04. The third-order valence-electron chi connectivity index (χ3n) is 5.20. The van der Waals surface area contributed by atoms with Gasteiger partial charge in [-0.15, -0.1) is 0 Å². The first-order valence-corrected chi connectivity index (χ1v) is 10.7. The number of hydrogen-bond acceptors (Lipinski definition) is 4. The number of rotatable bonds is 5. The van der Waals surface area contributed by atoms with E-state index < -0.39 is 23.5 Å². The molecule has 33 heavy (non-hydrogen) atoms. The fourth-order valence-electron chi connectivity index (χ4n) is 3.83. The van der Waals surface area contributed by atoms with Crippen molar-refractivity contribution in [3.8, 4) is 5.75 Å². The Morgan fingerprint density at radius 1 is 1.03 bits per heavy atom. The van der Waals surface area contributed by atoms with Crippen LogP contribution in [0.4, 0.5) is 10.1 Å². The van der Waals surface area contributed by atoms with Crippen LogP contribution >= 0.6 is 11.6 Å². The van der Waals surface area contributed by atoms with Gasteiger partial charge in [-0.25, -0.2) is 4.39 Å². The second-order valence-corrected chi connectivity index (χ2v) is 8.33. The number of aliphatic hydroxyl groups excluding tert-OH is 1. The second kappa shape index (κ2) is 9.08. The molecule has 0 spiro atoms. The van der Waals surface area contributed by atoms with Crippen LogP contribution in [0.25, 0.3) is 5.76 Å². The van der Waals surface area contributed by atoms with E-state index in [9.17, 15) is 19.1 Å². The number of halogens is 2. The summed E-state index contributed by atoms with van der Waals surface area (Å²) in [7, 11) is 0. The summed E-state index contributed by atoms with van der Waals surface area (Å²) >= 11 is 6.13. The Hall–Kier alpha value is -3.64. The first-order valence-electron chi connectivity index (χ1n) is 10.4. The van der Waals surface area contributed by atoms with Gasteiger partial charge in [0.2, 0.25) is 0 Å². The normalized spacial score (nSPS) is 17.6. The van der Waals surface area contributed by atoms with E-state index in [1.807, 2.05) is 13.8 Å². The minimum atomic E-state index is -0.973. The van der Waals surface area contributed by atoms with Crippen LogP contribution in [0, 0.1) is 5.82 Å². The first kappa shape index (κ1) is 22.6. The quantitative estimate of drug-likeness (QED) is 0.290.